The molecule has 0 amide bonds. The van der Waals surface area contributed by atoms with E-state index in [2.05, 4.69) is 15.5 Å². The summed E-state index contributed by atoms with van der Waals surface area (Å²) in [7, 11) is 0. The molecule has 1 aromatic heterocycles. The van der Waals surface area contributed by atoms with Crippen LogP contribution in [-0.2, 0) is 6.54 Å². The number of hydrogen-bond acceptors (Lipinski definition) is 6. The molecule has 0 fully saturated rings. The number of rotatable bonds is 4. The van der Waals surface area contributed by atoms with E-state index in [4.69, 9.17) is 5.73 Å². The summed E-state index contributed by atoms with van der Waals surface area (Å²) in [5.74, 6) is 0. The summed E-state index contributed by atoms with van der Waals surface area (Å²) in [6.07, 6.45) is 1.56. The van der Waals surface area contributed by atoms with Gasteiger partial charge >= 0.3 is 5.69 Å². The van der Waals surface area contributed by atoms with Crippen molar-refractivity contribution >= 4 is 17.1 Å². The van der Waals surface area contributed by atoms with Gasteiger partial charge in [-0.15, -0.1) is 0 Å². The monoisotopic (exact) mass is 245 g/mol. The highest BCUT2D eigenvalue weighted by atomic mass is 16.6. The van der Waals surface area contributed by atoms with E-state index < -0.39 is 4.92 Å². The first kappa shape index (κ1) is 11.8. The van der Waals surface area contributed by atoms with Crippen LogP contribution < -0.4 is 11.1 Å². The van der Waals surface area contributed by atoms with Crippen molar-refractivity contribution in [2.75, 3.05) is 11.1 Å². The second-order valence-corrected chi connectivity index (χ2v) is 3.57. The molecule has 1 aromatic carbocycles. The van der Waals surface area contributed by atoms with Crippen LogP contribution in [0.4, 0.5) is 17.1 Å². The molecule has 2 rings (SSSR count). The minimum atomic E-state index is -0.506. The van der Waals surface area contributed by atoms with Crippen LogP contribution in [0.25, 0.3) is 0 Å². The maximum absolute atomic E-state index is 10.9. The Morgan fingerprint density at radius 2 is 2.17 bits per heavy atom. The predicted molar refractivity (Wildman–Crippen MR) is 66.9 cm³/mol. The van der Waals surface area contributed by atoms with E-state index in [-0.39, 0.29) is 11.4 Å². The molecule has 1 heterocycles. The maximum atomic E-state index is 10.9. The molecule has 7 nitrogen and oxygen atoms in total. The summed E-state index contributed by atoms with van der Waals surface area (Å²) in [5.41, 5.74) is 6.64. The van der Waals surface area contributed by atoms with Crippen LogP contribution in [-0.4, -0.2) is 15.1 Å². The van der Waals surface area contributed by atoms with Crippen LogP contribution in [0, 0.1) is 10.1 Å². The number of nitrogen functional groups attached to an aromatic ring is 1. The highest BCUT2D eigenvalue weighted by Crippen LogP contribution is 2.30. The SMILES string of the molecule is Nc1cccc(NCc2cccnn2)c1[N+](=O)[O-]. The maximum Gasteiger partial charge on any atom is 0.314 e. The van der Waals surface area contributed by atoms with Crippen molar-refractivity contribution in [1.82, 2.24) is 10.2 Å². The number of nitro groups is 1. The van der Waals surface area contributed by atoms with Crippen molar-refractivity contribution < 1.29 is 4.92 Å². The van der Waals surface area contributed by atoms with Gasteiger partial charge in [0, 0.05) is 6.20 Å². The number of hydrogen-bond donors (Lipinski definition) is 2. The standard InChI is InChI=1S/C11H11N5O2/c12-9-4-1-5-10(11(9)16(17)18)13-7-8-3-2-6-14-15-8/h1-6,13H,7,12H2. The quantitative estimate of drug-likeness (QED) is 0.481. The molecule has 0 unspecified atom stereocenters. The Balaban J connectivity index is 2.20. The van der Waals surface area contributed by atoms with Gasteiger partial charge in [0.25, 0.3) is 0 Å². The van der Waals surface area contributed by atoms with Crippen LogP contribution in [0.5, 0.6) is 0 Å². The normalized spacial score (nSPS) is 10.0. The third kappa shape index (κ3) is 2.51. The van der Waals surface area contributed by atoms with E-state index in [1.165, 1.54) is 6.07 Å². The number of nitrogens with one attached hydrogen (secondary N) is 1. The molecule has 3 N–H and O–H groups in total. The number of benzene rings is 1. The van der Waals surface area contributed by atoms with E-state index in [0.717, 1.165) is 0 Å². The zero-order valence-corrected chi connectivity index (χ0v) is 9.41. The van der Waals surface area contributed by atoms with Crippen molar-refractivity contribution in [3.63, 3.8) is 0 Å². The van der Waals surface area contributed by atoms with Crippen LogP contribution in [0.3, 0.4) is 0 Å². The van der Waals surface area contributed by atoms with Crippen LogP contribution >= 0.6 is 0 Å². The van der Waals surface area contributed by atoms with E-state index in [1.807, 2.05) is 0 Å². The average Bonchev–Trinajstić information content (AvgIpc) is 2.37. The average molecular weight is 245 g/mol. The molecule has 0 saturated carbocycles. The minimum absolute atomic E-state index is 0.124. The Hall–Kier alpha value is -2.70. The molecule has 0 aliphatic rings. The number of nitrogens with two attached hydrogens (primary N) is 1. The Labute approximate surface area is 103 Å². The van der Waals surface area contributed by atoms with Crippen LogP contribution in [0.15, 0.2) is 36.5 Å². The summed E-state index contributed by atoms with van der Waals surface area (Å²) in [4.78, 5) is 10.4. The fraction of sp³-hybridized carbons (Fsp3) is 0.0909. The van der Waals surface area contributed by atoms with Gasteiger partial charge in [-0.25, -0.2) is 0 Å². The lowest BCUT2D eigenvalue weighted by atomic mass is 10.2. The Morgan fingerprint density at radius 1 is 1.33 bits per heavy atom. The molecule has 2 aromatic rings. The molecule has 92 valence electrons. The first-order valence-electron chi connectivity index (χ1n) is 5.22. The predicted octanol–water partition coefficient (Wildman–Crippen LogP) is 1.58. The lowest BCUT2D eigenvalue weighted by molar-refractivity contribution is -0.383. The second kappa shape index (κ2) is 5.09. The van der Waals surface area contributed by atoms with Crippen molar-refractivity contribution in [1.29, 1.82) is 0 Å². The molecular weight excluding hydrogens is 234 g/mol. The molecule has 0 atom stereocenters. The largest absolute Gasteiger partial charge is 0.393 e. The van der Waals surface area contributed by atoms with E-state index >= 15 is 0 Å². The number of aromatic nitrogens is 2. The molecule has 0 spiro atoms. The lowest BCUT2D eigenvalue weighted by Crippen LogP contribution is -2.06. The smallest absolute Gasteiger partial charge is 0.314 e. The van der Waals surface area contributed by atoms with E-state index in [0.29, 0.717) is 17.9 Å². The zero-order valence-electron chi connectivity index (χ0n) is 9.41. The van der Waals surface area contributed by atoms with Gasteiger partial charge in [-0.1, -0.05) is 6.07 Å². The number of para-hydroxylation sites is 1. The van der Waals surface area contributed by atoms with Gasteiger partial charge in [0.2, 0.25) is 0 Å². The van der Waals surface area contributed by atoms with Gasteiger partial charge in [0.15, 0.2) is 0 Å². The van der Waals surface area contributed by atoms with Gasteiger partial charge < -0.3 is 11.1 Å². The Kier molecular flexibility index (Phi) is 3.33. The summed E-state index contributed by atoms with van der Waals surface area (Å²) < 4.78 is 0. The first-order chi connectivity index (χ1) is 8.68. The third-order valence-corrected chi connectivity index (χ3v) is 2.34. The summed E-state index contributed by atoms with van der Waals surface area (Å²) in [6.45, 7) is 0.345. The van der Waals surface area contributed by atoms with Gasteiger partial charge in [0.1, 0.15) is 11.4 Å². The van der Waals surface area contributed by atoms with Crippen molar-refractivity contribution in [2.24, 2.45) is 0 Å². The van der Waals surface area contributed by atoms with Crippen molar-refractivity contribution in [3.8, 4) is 0 Å². The lowest BCUT2D eigenvalue weighted by Gasteiger charge is -2.07. The molecule has 0 bridgehead atoms. The fourth-order valence-electron chi connectivity index (χ4n) is 1.52. The second-order valence-electron chi connectivity index (χ2n) is 3.57. The number of anilines is 2. The van der Waals surface area contributed by atoms with E-state index in [1.54, 1.807) is 30.5 Å². The first-order valence-corrected chi connectivity index (χ1v) is 5.22. The molecular formula is C11H11N5O2. The molecule has 0 aliphatic heterocycles. The molecule has 18 heavy (non-hydrogen) atoms. The highest BCUT2D eigenvalue weighted by molar-refractivity contribution is 5.74. The highest BCUT2D eigenvalue weighted by Gasteiger charge is 2.17. The van der Waals surface area contributed by atoms with Gasteiger partial charge in [-0.05, 0) is 24.3 Å². The Bertz CT molecular complexity index is 559. The van der Waals surface area contributed by atoms with Gasteiger partial charge in [-0.2, -0.15) is 10.2 Å². The number of nitrogens with zero attached hydrogens (tertiary/aromatic N) is 3. The van der Waals surface area contributed by atoms with E-state index in [9.17, 15) is 10.1 Å². The van der Waals surface area contributed by atoms with Gasteiger partial charge in [0.05, 0.1) is 17.2 Å². The summed E-state index contributed by atoms with van der Waals surface area (Å²) >= 11 is 0. The minimum Gasteiger partial charge on any atom is -0.393 e. The van der Waals surface area contributed by atoms with Crippen molar-refractivity contribution in [3.05, 3.63) is 52.3 Å². The summed E-state index contributed by atoms with van der Waals surface area (Å²) in [5, 5.41) is 21.4. The summed E-state index contributed by atoms with van der Waals surface area (Å²) in [6, 6.07) is 8.27. The fourth-order valence-corrected chi connectivity index (χ4v) is 1.52. The van der Waals surface area contributed by atoms with Gasteiger partial charge in [-0.3, -0.25) is 10.1 Å². The molecule has 0 aliphatic carbocycles. The Morgan fingerprint density at radius 3 is 2.83 bits per heavy atom. The van der Waals surface area contributed by atoms with Crippen molar-refractivity contribution in [2.45, 2.75) is 6.54 Å². The van der Waals surface area contributed by atoms with Crippen LogP contribution in [0.1, 0.15) is 5.69 Å². The molecule has 0 radical (unpaired) electrons. The molecule has 7 heteroatoms. The molecule has 0 saturated heterocycles. The topological polar surface area (TPSA) is 107 Å². The zero-order chi connectivity index (χ0) is 13.0. The number of nitro benzene ring substituents is 1. The van der Waals surface area contributed by atoms with Crippen LogP contribution in [0.2, 0.25) is 0 Å². The third-order valence-electron chi connectivity index (χ3n) is 2.34.